The number of aromatic nitrogens is 2. The molecular formula is C18H22N4O2. The van der Waals surface area contributed by atoms with E-state index in [0.29, 0.717) is 11.3 Å². The van der Waals surface area contributed by atoms with Gasteiger partial charge in [0.25, 0.3) is 5.91 Å². The fourth-order valence-electron chi connectivity index (χ4n) is 2.14. The molecule has 1 amide bonds. The first-order valence-electron chi connectivity index (χ1n) is 7.98. The zero-order valence-corrected chi connectivity index (χ0v) is 14.2. The molecule has 0 aliphatic heterocycles. The van der Waals surface area contributed by atoms with E-state index in [4.69, 9.17) is 0 Å². The van der Waals surface area contributed by atoms with Gasteiger partial charge >= 0.3 is 0 Å². The monoisotopic (exact) mass is 326 g/mol. The molecule has 0 atom stereocenters. The van der Waals surface area contributed by atoms with Gasteiger partial charge in [0.15, 0.2) is 17.3 Å². The van der Waals surface area contributed by atoms with Gasteiger partial charge in [-0.2, -0.15) is 0 Å². The van der Waals surface area contributed by atoms with Crippen LogP contribution in [0.1, 0.15) is 47.5 Å². The fourth-order valence-corrected chi connectivity index (χ4v) is 2.14. The van der Waals surface area contributed by atoms with Crippen LogP contribution in [0.25, 0.3) is 0 Å². The van der Waals surface area contributed by atoms with E-state index in [1.807, 2.05) is 11.9 Å². The number of hydrogen-bond acceptors (Lipinski definition) is 5. The molecule has 1 N–H and O–H groups in total. The molecule has 126 valence electrons. The van der Waals surface area contributed by atoms with E-state index in [1.54, 1.807) is 36.4 Å². The summed E-state index contributed by atoms with van der Waals surface area (Å²) in [6.07, 6.45) is 2.19. The van der Waals surface area contributed by atoms with Crippen LogP contribution in [0.15, 0.2) is 36.4 Å². The highest BCUT2D eigenvalue weighted by Crippen LogP contribution is 2.13. The molecule has 0 aliphatic rings. The van der Waals surface area contributed by atoms with Crippen LogP contribution >= 0.6 is 0 Å². The molecule has 6 heteroatoms. The first-order valence-corrected chi connectivity index (χ1v) is 7.98. The lowest BCUT2D eigenvalue weighted by Gasteiger charge is -2.16. The molecule has 0 unspecified atom stereocenters. The summed E-state index contributed by atoms with van der Waals surface area (Å²) in [6, 6.07) is 10.2. The van der Waals surface area contributed by atoms with Gasteiger partial charge < -0.3 is 10.2 Å². The highest BCUT2D eigenvalue weighted by atomic mass is 16.2. The molecule has 2 rings (SSSR count). The maximum atomic E-state index is 12.2. The minimum Gasteiger partial charge on any atom is -0.358 e. The van der Waals surface area contributed by atoms with Crippen LogP contribution in [0, 0.1) is 0 Å². The van der Waals surface area contributed by atoms with Crippen molar-refractivity contribution in [3.8, 4) is 0 Å². The lowest BCUT2D eigenvalue weighted by atomic mass is 10.1. The smallest absolute Gasteiger partial charge is 0.276 e. The number of carbonyl (C=O) groups excluding carboxylic acids is 2. The predicted molar refractivity (Wildman–Crippen MR) is 94.6 cm³/mol. The van der Waals surface area contributed by atoms with Crippen LogP contribution in [-0.2, 0) is 0 Å². The molecule has 0 saturated carbocycles. The van der Waals surface area contributed by atoms with E-state index >= 15 is 0 Å². The third-order valence-corrected chi connectivity index (χ3v) is 3.67. The minimum atomic E-state index is -0.333. The summed E-state index contributed by atoms with van der Waals surface area (Å²) in [6.45, 7) is 4.54. The highest BCUT2D eigenvalue weighted by Gasteiger charge is 2.10. The second-order valence-corrected chi connectivity index (χ2v) is 5.64. The number of hydrogen-bond donors (Lipinski definition) is 1. The standard InChI is InChI=1S/C18H22N4O2/c1-4-5-12-22(3)17-11-10-16(20-21-17)18(24)19-15-8-6-14(7-9-15)13(2)23/h6-11H,4-5,12H2,1-3H3,(H,19,24). The predicted octanol–water partition coefficient (Wildman–Crippen LogP) is 3.17. The average Bonchev–Trinajstić information content (AvgIpc) is 2.60. The number of unbranched alkanes of at least 4 members (excludes halogenated alkanes) is 1. The van der Waals surface area contributed by atoms with E-state index < -0.39 is 0 Å². The number of rotatable bonds is 7. The van der Waals surface area contributed by atoms with E-state index in [-0.39, 0.29) is 17.4 Å². The molecule has 0 spiro atoms. The van der Waals surface area contributed by atoms with Crippen molar-refractivity contribution < 1.29 is 9.59 Å². The second-order valence-electron chi connectivity index (χ2n) is 5.64. The Morgan fingerprint density at radius 1 is 1.08 bits per heavy atom. The zero-order chi connectivity index (χ0) is 17.5. The van der Waals surface area contributed by atoms with Crippen molar-refractivity contribution in [2.45, 2.75) is 26.7 Å². The first-order chi connectivity index (χ1) is 11.5. The van der Waals surface area contributed by atoms with Crippen molar-refractivity contribution in [3.05, 3.63) is 47.7 Å². The summed E-state index contributed by atoms with van der Waals surface area (Å²) in [7, 11) is 1.95. The van der Waals surface area contributed by atoms with Gasteiger partial charge in [-0.05, 0) is 49.7 Å². The Morgan fingerprint density at radius 3 is 2.33 bits per heavy atom. The molecule has 1 aromatic carbocycles. The average molecular weight is 326 g/mol. The van der Waals surface area contributed by atoms with Gasteiger partial charge in [0.1, 0.15) is 0 Å². The van der Waals surface area contributed by atoms with Crippen molar-refractivity contribution in [1.82, 2.24) is 10.2 Å². The van der Waals surface area contributed by atoms with Gasteiger partial charge in [0, 0.05) is 24.8 Å². The molecule has 0 radical (unpaired) electrons. The molecule has 0 bridgehead atoms. The molecule has 0 fully saturated rings. The van der Waals surface area contributed by atoms with Crippen LogP contribution in [0.4, 0.5) is 11.5 Å². The number of benzene rings is 1. The Balaban J connectivity index is 2.00. The van der Waals surface area contributed by atoms with Crippen LogP contribution in [0.5, 0.6) is 0 Å². The SMILES string of the molecule is CCCCN(C)c1ccc(C(=O)Nc2ccc(C(C)=O)cc2)nn1. The number of Topliss-reactive ketones (excluding diaryl/α,β-unsaturated/α-hetero) is 1. The lowest BCUT2D eigenvalue weighted by molar-refractivity contribution is 0.101. The number of ketones is 1. The van der Waals surface area contributed by atoms with E-state index in [0.717, 1.165) is 25.2 Å². The minimum absolute atomic E-state index is 0.0125. The zero-order valence-electron chi connectivity index (χ0n) is 14.2. The Labute approximate surface area is 141 Å². The Hall–Kier alpha value is -2.76. The van der Waals surface area contributed by atoms with Crippen LogP contribution in [0.2, 0.25) is 0 Å². The van der Waals surface area contributed by atoms with Gasteiger partial charge in [-0.3, -0.25) is 9.59 Å². The summed E-state index contributed by atoms with van der Waals surface area (Å²) in [5.74, 6) is 0.396. The first kappa shape index (κ1) is 17.6. The Bertz CT molecular complexity index is 696. The van der Waals surface area contributed by atoms with Gasteiger partial charge in [-0.15, -0.1) is 10.2 Å². The topological polar surface area (TPSA) is 75.2 Å². The van der Waals surface area contributed by atoms with Gasteiger partial charge in [-0.1, -0.05) is 13.3 Å². The van der Waals surface area contributed by atoms with Crippen molar-refractivity contribution in [3.63, 3.8) is 0 Å². The van der Waals surface area contributed by atoms with Gasteiger partial charge in [-0.25, -0.2) is 0 Å². The summed E-state index contributed by atoms with van der Waals surface area (Å²) in [4.78, 5) is 25.4. The summed E-state index contributed by atoms with van der Waals surface area (Å²) >= 11 is 0. The number of amides is 1. The highest BCUT2D eigenvalue weighted by molar-refractivity contribution is 6.03. The molecule has 1 heterocycles. The largest absolute Gasteiger partial charge is 0.358 e. The maximum absolute atomic E-state index is 12.2. The summed E-state index contributed by atoms with van der Waals surface area (Å²) in [5, 5.41) is 10.8. The molecule has 1 aromatic heterocycles. The third-order valence-electron chi connectivity index (χ3n) is 3.67. The number of nitrogens with zero attached hydrogens (tertiary/aromatic N) is 3. The van der Waals surface area contributed by atoms with Gasteiger partial charge in [0.05, 0.1) is 0 Å². The Kier molecular flexibility index (Phi) is 6.01. The van der Waals surface area contributed by atoms with Crippen molar-refractivity contribution in [1.29, 1.82) is 0 Å². The van der Waals surface area contributed by atoms with Crippen LogP contribution in [0.3, 0.4) is 0 Å². The normalized spacial score (nSPS) is 10.3. The Morgan fingerprint density at radius 2 is 1.79 bits per heavy atom. The van der Waals surface area contributed by atoms with E-state index in [9.17, 15) is 9.59 Å². The third kappa shape index (κ3) is 4.62. The maximum Gasteiger partial charge on any atom is 0.276 e. The second kappa shape index (κ2) is 8.19. The molecule has 24 heavy (non-hydrogen) atoms. The molecular weight excluding hydrogens is 304 g/mol. The molecule has 6 nitrogen and oxygen atoms in total. The summed E-state index contributed by atoms with van der Waals surface area (Å²) < 4.78 is 0. The fraction of sp³-hybridized carbons (Fsp3) is 0.333. The van der Waals surface area contributed by atoms with Crippen molar-refractivity contribution >= 4 is 23.2 Å². The van der Waals surface area contributed by atoms with Gasteiger partial charge in [0.2, 0.25) is 0 Å². The van der Waals surface area contributed by atoms with Crippen LogP contribution < -0.4 is 10.2 Å². The van der Waals surface area contributed by atoms with Crippen LogP contribution in [-0.4, -0.2) is 35.5 Å². The number of anilines is 2. The number of carbonyl (C=O) groups is 2. The number of nitrogens with one attached hydrogen (secondary N) is 1. The van der Waals surface area contributed by atoms with Crippen molar-refractivity contribution in [2.24, 2.45) is 0 Å². The molecule has 0 saturated heterocycles. The van der Waals surface area contributed by atoms with E-state index in [1.165, 1.54) is 6.92 Å². The molecule has 2 aromatic rings. The molecule has 0 aliphatic carbocycles. The quantitative estimate of drug-likeness (QED) is 0.791. The lowest BCUT2D eigenvalue weighted by Crippen LogP contribution is -2.21. The van der Waals surface area contributed by atoms with Crippen molar-refractivity contribution in [2.75, 3.05) is 23.8 Å². The summed E-state index contributed by atoms with van der Waals surface area (Å²) in [5.41, 5.74) is 1.46. The van der Waals surface area contributed by atoms with E-state index in [2.05, 4.69) is 22.4 Å².